The number of nitrogens with one attached hydrogen (secondary N) is 1. The highest BCUT2D eigenvalue weighted by Gasteiger charge is 2.17. The van der Waals surface area contributed by atoms with Gasteiger partial charge in [0.05, 0.1) is 6.61 Å². The van der Waals surface area contributed by atoms with Crippen LogP contribution in [0.5, 0.6) is 5.75 Å². The Morgan fingerprint density at radius 3 is 3.06 bits per heavy atom. The van der Waals surface area contributed by atoms with Gasteiger partial charge in [-0.2, -0.15) is 0 Å². The van der Waals surface area contributed by atoms with E-state index in [2.05, 4.69) is 19.2 Å². The summed E-state index contributed by atoms with van der Waals surface area (Å²) in [6.07, 6.45) is 4.73. The molecule has 0 radical (unpaired) electrons. The molecule has 1 N–H and O–H groups in total. The van der Waals surface area contributed by atoms with Gasteiger partial charge in [0.2, 0.25) is 0 Å². The van der Waals surface area contributed by atoms with Crippen LogP contribution < -0.4 is 10.1 Å². The lowest BCUT2D eigenvalue weighted by molar-refractivity contribution is 0.351. The highest BCUT2D eigenvalue weighted by atomic mass is 35.5. The summed E-state index contributed by atoms with van der Waals surface area (Å²) < 4.78 is 5.70. The lowest BCUT2D eigenvalue weighted by Gasteiger charge is -2.15. The predicted molar refractivity (Wildman–Crippen MR) is 76.5 cm³/mol. The van der Waals surface area contributed by atoms with Crippen molar-refractivity contribution in [3.8, 4) is 5.75 Å². The fourth-order valence-corrected chi connectivity index (χ4v) is 2.64. The number of ether oxygens (including phenoxy) is 1. The topological polar surface area (TPSA) is 21.3 Å². The van der Waals surface area contributed by atoms with E-state index in [9.17, 15) is 0 Å². The van der Waals surface area contributed by atoms with Crippen molar-refractivity contribution in [3.63, 3.8) is 0 Å². The van der Waals surface area contributed by atoms with Crippen LogP contribution in [-0.2, 0) is 13.0 Å². The van der Waals surface area contributed by atoms with Crippen LogP contribution in [0.1, 0.15) is 44.2 Å². The molecule has 1 heterocycles. The summed E-state index contributed by atoms with van der Waals surface area (Å²) >= 11 is 6.14. The molecule has 0 saturated heterocycles. The Kier molecular flexibility index (Phi) is 4.90. The molecular formula is C15H22ClNO. The molecule has 0 fully saturated rings. The van der Waals surface area contributed by atoms with E-state index in [0.29, 0.717) is 6.04 Å². The summed E-state index contributed by atoms with van der Waals surface area (Å²) in [7, 11) is 0. The first kappa shape index (κ1) is 13.7. The van der Waals surface area contributed by atoms with Gasteiger partial charge in [-0.3, -0.25) is 0 Å². The van der Waals surface area contributed by atoms with Gasteiger partial charge >= 0.3 is 0 Å². The molecule has 1 aliphatic rings. The van der Waals surface area contributed by atoms with Crippen molar-refractivity contribution >= 4 is 11.6 Å². The number of fused-ring (bicyclic) bond motifs is 1. The van der Waals surface area contributed by atoms with Gasteiger partial charge in [0.1, 0.15) is 5.75 Å². The molecule has 100 valence electrons. The number of benzene rings is 1. The van der Waals surface area contributed by atoms with Gasteiger partial charge < -0.3 is 10.1 Å². The van der Waals surface area contributed by atoms with E-state index in [1.807, 2.05) is 12.1 Å². The Labute approximate surface area is 115 Å². The van der Waals surface area contributed by atoms with Crippen LogP contribution in [0.2, 0.25) is 5.02 Å². The van der Waals surface area contributed by atoms with E-state index in [4.69, 9.17) is 16.3 Å². The van der Waals surface area contributed by atoms with Gasteiger partial charge in [0.25, 0.3) is 0 Å². The van der Waals surface area contributed by atoms with Crippen LogP contribution in [0, 0.1) is 0 Å². The third-order valence-corrected chi connectivity index (χ3v) is 3.68. The molecule has 2 rings (SSSR count). The summed E-state index contributed by atoms with van der Waals surface area (Å²) in [5.74, 6) is 1.05. The summed E-state index contributed by atoms with van der Waals surface area (Å²) in [6.45, 7) is 6.09. The molecule has 0 amide bonds. The normalized spacial score (nSPS) is 15.3. The third kappa shape index (κ3) is 3.39. The van der Waals surface area contributed by atoms with Gasteiger partial charge in [-0.1, -0.05) is 31.4 Å². The summed E-state index contributed by atoms with van der Waals surface area (Å²) in [5.41, 5.74) is 2.44. The van der Waals surface area contributed by atoms with Crippen molar-refractivity contribution in [1.82, 2.24) is 5.32 Å². The minimum Gasteiger partial charge on any atom is -0.493 e. The van der Waals surface area contributed by atoms with E-state index in [1.165, 1.54) is 30.4 Å². The molecule has 2 nitrogen and oxygen atoms in total. The van der Waals surface area contributed by atoms with Crippen LogP contribution in [0.25, 0.3) is 0 Å². The first-order valence-electron chi connectivity index (χ1n) is 6.88. The van der Waals surface area contributed by atoms with E-state index in [0.717, 1.165) is 30.3 Å². The number of hydrogen-bond acceptors (Lipinski definition) is 2. The maximum atomic E-state index is 6.14. The molecule has 0 aromatic heterocycles. The van der Waals surface area contributed by atoms with Gasteiger partial charge in [0.15, 0.2) is 0 Å². The van der Waals surface area contributed by atoms with Crippen LogP contribution in [0.4, 0.5) is 0 Å². The molecule has 18 heavy (non-hydrogen) atoms. The Morgan fingerprint density at radius 1 is 1.44 bits per heavy atom. The SMILES string of the molecule is CCCCC(C)NCc1cc(Cl)cc2c1OCC2. The predicted octanol–water partition coefficient (Wildman–Crippen LogP) is 3.94. The van der Waals surface area contributed by atoms with Gasteiger partial charge in [-0.25, -0.2) is 0 Å². The molecule has 3 heteroatoms. The van der Waals surface area contributed by atoms with Crippen molar-refractivity contribution < 1.29 is 4.74 Å². The molecule has 1 aliphatic heterocycles. The van der Waals surface area contributed by atoms with Crippen molar-refractivity contribution in [2.75, 3.05) is 6.61 Å². The number of hydrogen-bond donors (Lipinski definition) is 1. The highest BCUT2D eigenvalue weighted by Crippen LogP contribution is 2.32. The second kappa shape index (κ2) is 6.44. The fraction of sp³-hybridized carbons (Fsp3) is 0.600. The van der Waals surface area contributed by atoms with Crippen LogP contribution in [0.15, 0.2) is 12.1 Å². The monoisotopic (exact) mass is 267 g/mol. The third-order valence-electron chi connectivity index (χ3n) is 3.46. The Hall–Kier alpha value is -0.730. The van der Waals surface area contributed by atoms with Crippen molar-refractivity contribution in [2.45, 2.75) is 52.1 Å². The maximum Gasteiger partial charge on any atom is 0.127 e. The second-order valence-corrected chi connectivity index (χ2v) is 5.51. The lowest BCUT2D eigenvalue weighted by Crippen LogP contribution is -2.25. The average molecular weight is 268 g/mol. The zero-order valence-corrected chi connectivity index (χ0v) is 12.0. The van der Waals surface area contributed by atoms with Crippen molar-refractivity contribution in [2.24, 2.45) is 0 Å². The molecule has 0 saturated carbocycles. The molecule has 1 atom stereocenters. The van der Waals surface area contributed by atoms with Gasteiger partial charge in [-0.15, -0.1) is 0 Å². The zero-order chi connectivity index (χ0) is 13.0. The molecular weight excluding hydrogens is 246 g/mol. The molecule has 0 spiro atoms. The second-order valence-electron chi connectivity index (χ2n) is 5.08. The Bertz CT molecular complexity index is 406. The lowest BCUT2D eigenvalue weighted by atomic mass is 10.1. The Balaban J connectivity index is 1.97. The fourth-order valence-electron chi connectivity index (χ4n) is 2.37. The average Bonchev–Trinajstić information content (AvgIpc) is 2.81. The summed E-state index contributed by atoms with van der Waals surface area (Å²) in [6, 6.07) is 4.58. The van der Waals surface area contributed by atoms with Gasteiger partial charge in [0, 0.05) is 29.6 Å². The van der Waals surface area contributed by atoms with Crippen LogP contribution in [-0.4, -0.2) is 12.6 Å². The number of unbranched alkanes of at least 4 members (excludes halogenated alkanes) is 1. The molecule has 1 unspecified atom stereocenters. The first-order valence-corrected chi connectivity index (χ1v) is 7.26. The molecule has 0 bridgehead atoms. The van der Waals surface area contributed by atoms with E-state index >= 15 is 0 Å². The van der Waals surface area contributed by atoms with E-state index in [-0.39, 0.29) is 0 Å². The van der Waals surface area contributed by atoms with E-state index in [1.54, 1.807) is 0 Å². The zero-order valence-electron chi connectivity index (χ0n) is 11.3. The van der Waals surface area contributed by atoms with Crippen molar-refractivity contribution in [3.05, 3.63) is 28.3 Å². The minimum absolute atomic E-state index is 0.543. The Morgan fingerprint density at radius 2 is 2.28 bits per heavy atom. The molecule has 0 aliphatic carbocycles. The number of rotatable bonds is 6. The van der Waals surface area contributed by atoms with Crippen LogP contribution >= 0.6 is 11.6 Å². The van der Waals surface area contributed by atoms with E-state index < -0.39 is 0 Å². The van der Waals surface area contributed by atoms with Crippen LogP contribution in [0.3, 0.4) is 0 Å². The minimum atomic E-state index is 0.543. The quantitative estimate of drug-likeness (QED) is 0.843. The largest absolute Gasteiger partial charge is 0.493 e. The van der Waals surface area contributed by atoms with Crippen molar-refractivity contribution in [1.29, 1.82) is 0 Å². The van der Waals surface area contributed by atoms with Gasteiger partial charge in [-0.05, 0) is 31.0 Å². The smallest absolute Gasteiger partial charge is 0.127 e. The number of halogens is 1. The highest BCUT2D eigenvalue weighted by molar-refractivity contribution is 6.30. The molecule has 1 aromatic rings. The first-order chi connectivity index (χ1) is 8.70. The molecule has 1 aromatic carbocycles. The maximum absolute atomic E-state index is 6.14. The summed E-state index contributed by atoms with van der Waals surface area (Å²) in [5, 5.41) is 4.37. The summed E-state index contributed by atoms with van der Waals surface area (Å²) in [4.78, 5) is 0. The standard InChI is InChI=1S/C15H22ClNO/c1-3-4-5-11(2)17-10-13-9-14(16)8-12-6-7-18-15(12)13/h8-9,11,17H,3-7,10H2,1-2H3.